The first kappa shape index (κ1) is 8.62. The molecule has 2 unspecified atom stereocenters. The Kier molecular flexibility index (Phi) is 3.45. The molecule has 11 heavy (non-hydrogen) atoms. The standard InChI is InChI=1S/C10H17N/c1-3-6-11-8-10-5-4-9(2)7-10/h1,9-11H,4-8H2,2H3. The lowest BCUT2D eigenvalue weighted by Crippen LogP contribution is -2.21. The molecule has 0 saturated heterocycles. The van der Waals surface area contributed by atoms with Crippen LogP contribution in [-0.4, -0.2) is 13.1 Å². The van der Waals surface area contributed by atoms with Crippen molar-refractivity contribution in [3.05, 3.63) is 0 Å². The third kappa shape index (κ3) is 2.95. The summed E-state index contributed by atoms with van der Waals surface area (Å²) in [6, 6.07) is 0. The van der Waals surface area contributed by atoms with Gasteiger partial charge in [0.2, 0.25) is 0 Å². The maximum atomic E-state index is 5.13. The number of nitrogens with one attached hydrogen (secondary N) is 1. The summed E-state index contributed by atoms with van der Waals surface area (Å²) in [7, 11) is 0. The Hall–Kier alpha value is -0.480. The fourth-order valence-electron chi connectivity index (χ4n) is 1.86. The highest BCUT2D eigenvalue weighted by Crippen LogP contribution is 2.29. The van der Waals surface area contributed by atoms with Crippen molar-refractivity contribution in [2.45, 2.75) is 26.2 Å². The van der Waals surface area contributed by atoms with Crippen molar-refractivity contribution in [1.82, 2.24) is 5.32 Å². The first-order valence-electron chi connectivity index (χ1n) is 4.47. The van der Waals surface area contributed by atoms with Gasteiger partial charge in [-0.15, -0.1) is 6.42 Å². The van der Waals surface area contributed by atoms with Crippen LogP contribution < -0.4 is 5.32 Å². The van der Waals surface area contributed by atoms with Gasteiger partial charge in [-0.2, -0.15) is 0 Å². The second-order valence-corrected chi connectivity index (χ2v) is 3.62. The smallest absolute Gasteiger partial charge is 0.0573 e. The molecule has 0 aromatic rings. The minimum atomic E-state index is 0.727. The van der Waals surface area contributed by atoms with Crippen LogP contribution in [0, 0.1) is 24.2 Å². The Morgan fingerprint density at radius 3 is 2.91 bits per heavy atom. The minimum absolute atomic E-state index is 0.727. The van der Waals surface area contributed by atoms with E-state index in [2.05, 4.69) is 18.2 Å². The molecule has 0 aromatic heterocycles. The van der Waals surface area contributed by atoms with E-state index in [9.17, 15) is 0 Å². The molecule has 1 aliphatic rings. The average molecular weight is 151 g/mol. The third-order valence-corrected chi connectivity index (χ3v) is 2.46. The van der Waals surface area contributed by atoms with Crippen molar-refractivity contribution >= 4 is 0 Å². The van der Waals surface area contributed by atoms with Gasteiger partial charge >= 0.3 is 0 Å². The zero-order valence-electron chi connectivity index (χ0n) is 7.27. The maximum absolute atomic E-state index is 5.13. The molecule has 0 spiro atoms. The van der Waals surface area contributed by atoms with Gasteiger partial charge < -0.3 is 5.32 Å². The molecule has 1 nitrogen and oxygen atoms in total. The second-order valence-electron chi connectivity index (χ2n) is 3.62. The molecule has 62 valence electrons. The number of rotatable bonds is 3. The molecule has 0 heterocycles. The molecule has 0 aliphatic heterocycles. The van der Waals surface area contributed by atoms with E-state index in [-0.39, 0.29) is 0 Å². The van der Waals surface area contributed by atoms with Crippen LogP contribution in [0.1, 0.15) is 26.2 Å². The maximum Gasteiger partial charge on any atom is 0.0573 e. The Balaban J connectivity index is 2.05. The first-order chi connectivity index (χ1) is 5.33. The van der Waals surface area contributed by atoms with E-state index >= 15 is 0 Å². The highest BCUT2D eigenvalue weighted by atomic mass is 14.8. The van der Waals surface area contributed by atoms with Crippen LogP contribution in [0.5, 0.6) is 0 Å². The molecule has 0 radical (unpaired) electrons. The topological polar surface area (TPSA) is 12.0 Å². The molecule has 0 amide bonds. The summed E-state index contributed by atoms with van der Waals surface area (Å²) in [5, 5.41) is 3.26. The minimum Gasteiger partial charge on any atom is -0.306 e. The number of terminal acetylenes is 1. The first-order valence-corrected chi connectivity index (χ1v) is 4.47. The van der Waals surface area contributed by atoms with Crippen LogP contribution >= 0.6 is 0 Å². The van der Waals surface area contributed by atoms with Gasteiger partial charge in [0.1, 0.15) is 0 Å². The lowest BCUT2D eigenvalue weighted by molar-refractivity contribution is 0.484. The van der Waals surface area contributed by atoms with Gasteiger partial charge in [0, 0.05) is 0 Å². The Labute approximate surface area is 69.6 Å². The van der Waals surface area contributed by atoms with E-state index in [0.29, 0.717) is 0 Å². The predicted octanol–water partition coefficient (Wildman–Crippen LogP) is 1.65. The summed E-state index contributed by atoms with van der Waals surface area (Å²) in [4.78, 5) is 0. The molecule has 2 atom stereocenters. The van der Waals surface area contributed by atoms with Crippen molar-refractivity contribution in [2.75, 3.05) is 13.1 Å². The van der Waals surface area contributed by atoms with Gasteiger partial charge in [-0.3, -0.25) is 0 Å². The molecule has 1 N–H and O–H groups in total. The van der Waals surface area contributed by atoms with E-state index in [1.807, 2.05) is 0 Å². The average Bonchev–Trinajstić information content (AvgIpc) is 2.37. The van der Waals surface area contributed by atoms with Gasteiger partial charge in [-0.05, 0) is 31.2 Å². The third-order valence-electron chi connectivity index (χ3n) is 2.46. The zero-order valence-corrected chi connectivity index (χ0v) is 7.27. The van der Waals surface area contributed by atoms with Crippen molar-refractivity contribution < 1.29 is 0 Å². The molecule has 0 aromatic carbocycles. The van der Waals surface area contributed by atoms with Crippen LogP contribution in [0.15, 0.2) is 0 Å². The largest absolute Gasteiger partial charge is 0.306 e. The van der Waals surface area contributed by atoms with Crippen LogP contribution in [0.25, 0.3) is 0 Å². The predicted molar refractivity (Wildman–Crippen MR) is 48.2 cm³/mol. The SMILES string of the molecule is C#CCNCC1CCC(C)C1. The van der Waals surface area contributed by atoms with Crippen LogP contribution in [0.4, 0.5) is 0 Å². The van der Waals surface area contributed by atoms with E-state index in [0.717, 1.165) is 24.9 Å². The van der Waals surface area contributed by atoms with Crippen molar-refractivity contribution in [3.63, 3.8) is 0 Å². The summed E-state index contributed by atoms with van der Waals surface area (Å²) in [6.45, 7) is 4.18. The lowest BCUT2D eigenvalue weighted by Gasteiger charge is -2.08. The van der Waals surface area contributed by atoms with E-state index in [1.165, 1.54) is 19.3 Å². The Morgan fingerprint density at radius 2 is 2.36 bits per heavy atom. The van der Waals surface area contributed by atoms with Gasteiger partial charge in [0.05, 0.1) is 6.54 Å². The molecule has 1 heteroatoms. The number of hydrogen-bond acceptors (Lipinski definition) is 1. The highest BCUT2D eigenvalue weighted by Gasteiger charge is 2.20. The van der Waals surface area contributed by atoms with Crippen LogP contribution in [-0.2, 0) is 0 Å². The molecule has 1 rings (SSSR count). The Morgan fingerprint density at radius 1 is 1.55 bits per heavy atom. The fourth-order valence-corrected chi connectivity index (χ4v) is 1.86. The normalized spacial score (nSPS) is 30.2. The van der Waals surface area contributed by atoms with Gasteiger partial charge in [0.25, 0.3) is 0 Å². The molecular formula is C10H17N. The highest BCUT2D eigenvalue weighted by molar-refractivity contribution is 4.87. The van der Waals surface area contributed by atoms with Gasteiger partial charge in [-0.1, -0.05) is 19.3 Å². The van der Waals surface area contributed by atoms with Crippen molar-refractivity contribution in [1.29, 1.82) is 0 Å². The van der Waals surface area contributed by atoms with Crippen molar-refractivity contribution in [3.8, 4) is 12.3 Å². The monoisotopic (exact) mass is 151 g/mol. The Bertz CT molecular complexity index is 145. The lowest BCUT2D eigenvalue weighted by atomic mass is 10.1. The summed E-state index contributed by atoms with van der Waals surface area (Å²) in [6.07, 6.45) is 9.31. The van der Waals surface area contributed by atoms with E-state index in [4.69, 9.17) is 6.42 Å². The summed E-state index contributed by atoms with van der Waals surface area (Å²) in [5.74, 6) is 4.42. The molecule has 1 aliphatic carbocycles. The van der Waals surface area contributed by atoms with Crippen molar-refractivity contribution in [2.24, 2.45) is 11.8 Å². The fraction of sp³-hybridized carbons (Fsp3) is 0.800. The van der Waals surface area contributed by atoms with Gasteiger partial charge in [-0.25, -0.2) is 0 Å². The number of hydrogen-bond donors (Lipinski definition) is 1. The van der Waals surface area contributed by atoms with E-state index < -0.39 is 0 Å². The zero-order chi connectivity index (χ0) is 8.10. The summed E-state index contributed by atoms with van der Waals surface area (Å²) in [5.41, 5.74) is 0. The molecule has 1 saturated carbocycles. The molecule has 0 bridgehead atoms. The quantitative estimate of drug-likeness (QED) is 0.477. The summed E-state index contributed by atoms with van der Waals surface area (Å²) < 4.78 is 0. The van der Waals surface area contributed by atoms with Gasteiger partial charge in [0.15, 0.2) is 0 Å². The van der Waals surface area contributed by atoms with E-state index in [1.54, 1.807) is 0 Å². The van der Waals surface area contributed by atoms with Crippen LogP contribution in [0.3, 0.4) is 0 Å². The molecule has 1 fully saturated rings. The summed E-state index contributed by atoms with van der Waals surface area (Å²) >= 11 is 0. The second kappa shape index (κ2) is 4.41. The molecular weight excluding hydrogens is 134 g/mol. The van der Waals surface area contributed by atoms with Crippen LogP contribution in [0.2, 0.25) is 0 Å².